The molecule has 26 heavy (non-hydrogen) atoms. The lowest BCUT2D eigenvalue weighted by Gasteiger charge is -2.28. The summed E-state index contributed by atoms with van der Waals surface area (Å²) in [6.07, 6.45) is 9.32. The molecule has 4 nitrogen and oxygen atoms in total. The van der Waals surface area contributed by atoms with Crippen molar-refractivity contribution in [3.63, 3.8) is 0 Å². The van der Waals surface area contributed by atoms with Gasteiger partial charge in [-0.2, -0.15) is 11.8 Å². The Morgan fingerprint density at radius 1 is 1.15 bits per heavy atom. The fourth-order valence-electron chi connectivity index (χ4n) is 3.36. The minimum Gasteiger partial charge on any atom is -0.224 e. The number of sulfonamides is 1. The molecule has 0 amide bonds. The summed E-state index contributed by atoms with van der Waals surface area (Å²) in [6, 6.07) is 7.60. The van der Waals surface area contributed by atoms with Gasteiger partial charge >= 0.3 is 0 Å². The van der Waals surface area contributed by atoms with Gasteiger partial charge < -0.3 is 0 Å². The molecule has 0 atom stereocenters. The van der Waals surface area contributed by atoms with Crippen molar-refractivity contribution in [2.45, 2.75) is 73.9 Å². The molecule has 1 N–H and O–H groups in total. The van der Waals surface area contributed by atoms with Crippen LogP contribution in [0.5, 0.6) is 0 Å². The second kappa shape index (κ2) is 9.53. The van der Waals surface area contributed by atoms with Gasteiger partial charge in [0.15, 0.2) is 0 Å². The second-order valence-electron chi connectivity index (χ2n) is 6.97. The lowest BCUT2D eigenvalue weighted by molar-refractivity contribution is 0.419. The zero-order valence-electron chi connectivity index (χ0n) is 15.3. The molecule has 0 saturated heterocycles. The van der Waals surface area contributed by atoms with Gasteiger partial charge in [-0.3, -0.25) is 0 Å². The molecule has 1 saturated carbocycles. The van der Waals surface area contributed by atoms with Gasteiger partial charge in [0.1, 0.15) is 0 Å². The summed E-state index contributed by atoms with van der Waals surface area (Å²) in [7, 11) is -3.52. The van der Waals surface area contributed by atoms with Crippen LogP contribution in [0.15, 0.2) is 28.6 Å². The lowest BCUT2D eigenvalue weighted by atomic mass is 9.96. The largest absolute Gasteiger partial charge is 0.268 e. The highest BCUT2D eigenvalue weighted by Crippen LogP contribution is 2.31. The lowest BCUT2D eigenvalue weighted by Crippen LogP contribution is -2.38. The molecule has 0 radical (unpaired) electrons. The summed E-state index contributed by atoms with van der Waals surface area (Å²) < 4.78 is 29.3. The highest BCUT2D eigenvalue weighted by atomic mass is 32.2. The fourth-order valence-corrected chi connectivity index (χ4v) is 7.22. The first-order valence-corrected chi connectivity index (χ1v) is 12.9. The first-order valence-electron chi connectivity index (χ1n) is 9.58. The van der Waals surface area contributed by atoms with Gasteiger partial charge in [0.05, 0.1) is 10.2 Å². The number of hydrogen-bond acceptors (Lipinski definition) is 5. The molecule has 0 spiro atoms. The number of nitrogens with zero attached hydrogens (tertiary/aromatic N) is 1. The number of thiazole rings is 1. The molecule has 3 rings (SSSR count). The number of fused-ring (bicyclic) bond motifs is 1. The van der Waals surface area contributed by atoms with Crippen molar-refractivity contribution in [1.82, 2.24) is 9.71 Å². The molecule has 1 aliphatic carbocycles. The van der Waals surface area contributed by atoms with Crippen molar-refractivity contribution < 1.29 is 8.42 Å². The number of unbranched alkanes of at least 4 members (excludes halogenated alkanes) is 3. The summed E-state index contributed by atoms with van der Waals surface area (Å²) in [5, 5.41) is 0.694. The Bertz CT molecular complexity index is 763. The van der Waals surface area contributed by atoms with Crippen molar-refractivity contribution in [3.8, 4) is 0 Å². The summed E-state index contributed by atoms with van der Waals surface area (Å²) >= 11 is 3.32. The molecule has 7 heteroatoms. The molecular formula is C19H28N2O2S3. The number of nitrogens with one attached hydrogen (secondary N) is 1. The van der Waals surface area contributed by atoms with E-state index in [9.17, 15) is 8.42 Å². The van der Waals surface area contributed by atoms with Crippen LogP contribution in [0, 0.1) is 0 Å². The van der Waals surface area contributed by atoms with Gasteiger partial charge in [-0.05, 0) is 50.0 Å². The van der Waals surface area contributed by atoms with Gasteiger partial charge in [0, 0.05) is 11.3 Å². The number of hydrogen-bond donors (Lipinski definition) is 1. The predicted octanol–water partition coefficient (Wildman–Crippen LogP) is 5.20. The van der Waals surface area contributed by atoms with Crippen LogP contribution in [-0.4, -0.2) is 30.4 Å². The van der Waals surface area contributed by atoms with Crippen LogP contribution in [0.3, 0.4) is 0 Å². The zero-order valence-corrected chi connectivity index (χ0v) is 17.8. The normalized spacial score (nSPS) is 21.3. The number of rotatable bonds is 9. The van der Waals surface area contributed by atoms with Crippen LogP contribution in [0.2, 0.25) is 0 Å². The average Bonchev–Trinajstić information content (AvgIpc) is 3.08. The Balaban J connectivity index is 1.47. The van der Waals surface area contributed by atoms with Crippen molar-refractivity contribution in [2.75, 3.05) is 5.75 Å². The van der Waals surface area contributed by atoms with Crippen molar-refractivity contribution in [1.29, 1.82) is 0 Å². The Morgan fingerprint density at radius 3 is 2.65 bits per heavy atom. The van der Waals surface area contributed by atoms with E-state index in [4.69, 9.17) is 0 Å². The van der Waals surface area contributed by atoms with Crippen LogP contribution in [0.4, 0.5) is 0 Å². The van der Waals surface area contributed by atoms with E-state index in [0.717, 1.165) is 35.9 Å². The van der Waals surface area contributed by atoms with E-state index in [-0.39, 0.29) is 10.4 Å². The highest BCUT2D eigenvalue weighted by Gasteiger charge is 2.27. The minimum absolute atomic E-state index is 0.0453. The van der Waals surface area contributed by atoms with E-state index in [1.54, 1.807) is 0 Å². The van der Waals surface area contributed by atoms with Crippen molar-refractivity contribution in [3.05, 3.63) is 24.3 Å². The average molecular weight is 413 g/mol. The quantitative estimate of drug-likeness (QED) is 0.575. The maximum Gasteiger partial charge on any atom is 0.268 e. The molecule has 1 aliphatic rings. The third kappa shape index (κ3) is 5.44. The van der Waals surface area contributed by atoms with Crippen LogP contribution < -0.4 is 4.72 Å². The summed E-state index contributed by atoms with van der Waals surface area (Å²) in [5.74, 6) is 1.24. The minimum atomic E-state index is -3.52. The van der Waals surface area contributed by atoms with Gasteiger partial charge in [-0.15, -0.1) is 11.3 Å². The molecule has 0 bridgehead atoms. The number of thioether (sulfide) groups is 1. The molecule has 1 fully saturated rings. The Labute approximate surface area is 165 Å². The molecule has 144 valence electrons. The van der Waals surface area contributed by atoms with Crippen LogP contribution in [0.25, 0.3) is 10.2 Å². The zero-order chi connectivity index (χ0) is 18.4. The van der Waals surface area contributed by atoms with E-state index in [1.807, 2.05) is 24.3 Å². The highest BCUT2D eigenvalue weighted by molar-refractivity contribution is 7.99. The molecular weight excluding hydrogens is 384 g/mol. The molecule has 1 aromatic heterocycles. The summed E-state index contributed by atoms with van der Waals surface area (Å²) in [6.45, 7) is 2.24. The predicted molar refractivity (Wildman–Crippen MR) is 113 cm³/mol. The SMILES string of the molecule is CCCCCCSC1CCC(NS(=O)(=O)c2nc3ccccc3s2)CC1. The van der Waals surface area contributed by atoms with E-state index >= 15 is 0 Å². The standard InChI is InChI=1S/C19H28N2O2S3/c1-2-3-4-7-14-24-16-12-10-15(11-13-16)21-26(22,23)19-20-17-8-5-6-9-18(17)25-19/h5-6,8-9,15-16,21H,2-4,7,10-14H2,1H3. The van der Waals surface area contributed by atoms with Gasteiger partial charge in [0.2, 0.25) is 4.34 Å². The van der Waals surface area contributed by atoms with Crippen LogP contribution in [0.1, 0.15) is 58.3 Å². The van der Waals surface area contributed by atoms with Crippen molar-refractivity contribution >= 4 is 43.3 Å². The Hall–Kier alpha value is -0.630. The van der Waals surface area contributed by atoms with Gasteiger partial charge in [0.25, 0.3) is 10.0 Å². The third-order valence-electron chi connectivity index (χ3n) is 4.85. The van der Waals surface area contributed by atoms with Gasteiger partial charge in [-0.25, -0.2) is 18.1 Å². The maximum atomic E-state index is 12.7. The fraction of sp³-hybridized carbons (Fsp3) is 0.632. The topological polar surface area (TPSA) is 59.1 Å². The Morgan fingerprint density at radius 2 is 1.92 bits per heavy atom. The summed E-state index contributed by atoms with van der Waals surface area (Å²) in [4.78, 5) is 4.29. The maximum absolute atomic E-state index is 12.7. The van der Waals surface area contributed by atoms with Gasteiger partial charge in [-0.1, -0.05) is 38.3 Å². The van der Waals surface area contributed by atoms with E-state index < -0.39 is 10.0 Å². The smallest absolute Gasteiger partial charge is 0.224 e. The third-order valence-corrected chi connectivity index (χ3v) is 9.25. The summed E-state index contributed by atoms with van der Waals surface area (Å²) in [5.41, 5.74) is 0.751. The number of benzene rings is 1. The van der Waals surface area contributed by atoms with E-state index in [0.29, 0.717) is 5.25 Å². The van der Waals surface area contributed by atoms with E-state index in [1.165, 1.54) is 42.8 Å². The van der Waals surface area contributed by atoms with Crippen molar-refractivity contribution in [2.24, 2.45) is 0 Å². The molecule has 0 unspecified atom stereocenters. The Kier molecular flexibility index (Phi) is 7.37. The van der Waals surface area contributed by atoms with E-state index in [2.05, 4.69) is 28.4 Å². The molecule has 1 heterocycles. The molecule has 1 aromatic carbocycles. The molecule has 0 aliphatic heterocycles. The molecule has 2 aromatic rings. The first kappa shape index (κ1) is 20.1. The second-order valence-corrected chi connectivity index (χ2v) is 11.3. The number of aromatic nitrogens is 1. The number of para-hydroxylation sites is 1. The van der Waals surface area contributed by atoms with Crippen LogP contribution in [-0.2, 0) is 10.0 Å². The monoisotopic (exact) mass is 412 g/mol. The van der Waals surface area contributed by atoms with Crippen LogP contribution >= 0.6 is 23.1 Å². The first-order chi connectivity index (χ1) is 12.6.